The van der Waals surface area contributed by atoms with Crippen molar-refractivity contribution < 1.29 is 19.4 Å². The maximum atomic E-state index is 14.4. The maximum absolute atomic E-state index is 14.4. The third kappa shape index (κ3) is 7.94. The lowest BCUT2D eigenvalue weighted by atomic mass is 9.68. The summed E-state index contributed by atoms with van der Waals surface area (Å²) in [5.74, 6) is 2.51. The Morgan fingerprint density at radius 1 is 1.02 bits per heavy atom. The molecule has 0 aromatic heterocycles. The number of nitrogens with zero attached hydrogens (tertiary/aromatic N) is 2. The lowest BCUT2D eigenvalue weighted by Crippen LogP contribution is -2.61. The van der Waals surface area contributed by atoms with Crippen LogP contribution in [0, 0.1) is 29.6 Å². The number of carbonyl (C=O) groups is 1. The van der Waals surface area contributed by atoms with Crippen LogP contribution in [0.25, 0.3) is 0 Å². The van der Waals surface area contributed by atoms with E-state index in [0.717, 1.165) is 77.4 Å². The number of carbonyl (C=O) groups excluding carboxylic acids is 1. The number of piperidine rings is 1. The zero-order valence-electron chi connectivity index (χ0n) is 28.9. The molecule has 8 nitrogen and oxygen atoms in total. The number of hydrazine groups is 1. The molecular formula is C35H65BrFN5O3. The number of aliphatic hydroxyl groups is 2. The van der Waals surface area contributed by atoms with E-state index >= 15 is 0 Å². The summed E-state index contributed by atoms with van der Waals surface area (Å²) in [5.41, 5.74) is 3.95. The predicted molar refractivity (Wildman–Crippen MR) is 183 cm³/mol. The first-order chi connectivity index (χ1) is 21.8. The second-order valence-electron chi connectivity index (χ2n) is 14.4. The van der Waals surface area contributed by atoms with E-state index in [1.807, 2.05) is 13.8 Å². The van der Waals surface area contributed by atoms with Crippen LogP contribution < -0.4 is 16.1 Å². The largest absolute Gasteiger partial charge is 0.400 e. The molecular weight excluding hydrogens is 637 g/mol. The van der Waals surface area contributed by atoms with E-state index in [4.69, 9.17) is 5.11 Å². The summed E-state index contributed by atoms with van der Waals surface area (Å²) in [4.78, 5) is 17.1. The van der Waals surface area contributed by atoms with Gasteiger partial charge < -0.3 is 15.1 Å². The summed E-state index contributed by atoms with van der Waals surface area (Å²) < 4.78 is 13.8. The molecule has 262 valence electrons. The summed E-state index contributed by atoms with van der Waals surface area (Å²) in [5, 5.41) is 27.6. The Kier molecular flexibility index (Phi) is 14.4. The van der Waals surface area contributed by atoms with Gasteiger partial charge in [-0.2, -0.15) is 0 Å². The lowest BCUT2D eigenvalue weighted by molar-refractivity contribution is -0.145. The Hall–Kier alpha value is -0.360. The Bertz CT molecular complexity index is 915. The van der Waals surface area contributed by atoms with Crippen LogP contribution in [0.4, 0.5) is 4.39 Å². The molecule has 0 bridgehead atoms. The van der Waals surface area contributed by atoms with Crippen molar-refractivity contribution in [1.29, 1.82) is 0 Å². The van der Waals surface area contributed by atoms with Crippen molar-refractivity contribution in [3.8, 4) is 0 Å². The summed E-state index contributed by atoms with van der Waals surface area (Å²) >= 11 is 3.90. The number of fused-ring (bicyclic) bond motifs is 2. The zero-order chi connectivity index (χ0) is 32.8. The molecule has 3 aliphatic carbocycles. The molecule has 3 saturated heterocycles. The number of likely N-dealkylation sites (tertiary alicyclic amines) is 1. The average Bonchev–Trinajstić information content (AvgIpc) is 3.60. The van der Waals surface area contributed by atoms with Gasteiger partial charge in [-0.15, -0.1) is 0 Å². The van der Waals surface area contributed by atoms with Crippen molar-refractivity contribution in [3.63, 3.8) is 0 Å². The Labute approximate surface area is 281 Å². The molecule has 0 radical (unpaired) electrons. The van der Waals surface area contributed by atoms with Crippen LogP contribution in [0.15, 0.2) is 0 Å². The van der Waals surface area contributed by atoms with E-state index in [2.05, 4.69) is 55.7 Å². The number of nitrogens with one attached hydrogen (secondary N) is 3. The summed E-state index contributed by atoms with van der Waals surface area (Å²) in [6, 6.07) is 1.19. The van der Waals surface area contributed by atoms with Gasteiger partial charge in [-0.1, -0.05) is 69.3 Å². The fourth-order valence-corrected chi connectivity index (χ4v) is 10.9. The van der Waals surface area contributed by atoms with Gasteiger partial charge in [0.15, 0.2) is 0 Å². The molecule has 10 heteroatoms. The molecule has 12 unspecified atom stereocenters. The highest BCUT2D eigenvalue weighted by Gasteiger charge is 2.55. The second-order valence-corrected chi connectivity index (χ2v) is 15.6. The summed E-state index contributed by atoms with van der Waals surface area (Å²) in [7, 11) is 1.00. The first kappa shape index (κ1) is 37.5. The van der Waals surface area contributed by atoms with Gasteiger partial charge in [0, 0.05) is 48.6 Å². The SMILES string of the molecule is CC.CCCC1NN(C2CCC(C3CCC3)CC2O)C2CCN(C(=O)C3CCC(Br)C4CC(NC(C)F)NC34)[C@@H](CC)C12.CO. The smallest absolute Gasteiger partial charge is 0.227 e. The lowest BCUT2D eigenvalue weighted by Gasteiger charge is -2.49. The van der Waals surface area contributed by atoms with E-state index in [9.17, 15) is 14.3 Å². The molecule has 6 rings (SSSR count). The van der Waals surface area contributed by atoms with E-state index in [1.54, 1.807) is 6.92 Å². The quantitative estimate of drug-likeness (QED) is 0.173. The fraction of sp³-hybridized carbons (Fsp3) is 0.971. The highest BCUT2D eigenvalue weighted by Crippen LogP contribution is 2.46. The molecule has 6 aliphatic rings. The minimum Gasteiger partial charge on any atom is -0.400 e. The van der Waals surface area contributed by atoms with E-state index in [1.165, 1.54) is 25.7 Å². The highest BCUT2D eigenvalue weighted by molar-refractivity contribution is 9.09. The van der Waals surface area contributed by atoms with E-state index in [-0.39, 0.29) is 36.3 Å². The molecule has 3 heterocycles. The number of amides is 1. The van der Waals surface area contributed by atoms with Crippen molar-refractivity contribution in [2.24, 2.45) is 29.6 Å². The van der Waals surface area contributed by atoms with Gasteiger partial charge in [-0.25, -0.2) is 9.40 Å². The molecule has 0 aromatic rings. The van der Waals surface area contributed by atoms with Crippen molar-refractivity contribution in [2.45, 2.75) is 172 Å². The van der Waals surface area contributed by atoms with Gasteiger partial charge in [-0.3, -0.25) is 20.9 Å². The van der Waals surface area contributed by atoms with Crippen molar-refractivity contribution >= 4 is 21.8 Å². The second kappa shape index (κ2) is 17.3. The van der Waals surface area contributed by atoms with E-state index < -0.39 is 6.30 Å². The van der Waals surface area contributed by atoms with Crippen LogP contribution in [0.2, 0.25) is 0 Å². The topological polar surface area (TPSA) is 100 Å². The molecule has 1 amide bonds. The van der Waals surface area contributed by atoms with Crippen LogP contribution in [-0.4, -0.2) is 93.3 Å². The standard InChI is InChI=1S/C32H55BrFN5O2.C2H6.CH4O/c1-4-7-24-30-25(5-2)38(32(41)21-11-12-23(33)22-17-29(35-18(3)34)36-31(21)22)15-14-27(30)39(37-24)26-13-10-20(16-28(26)40)19-8-6-9-19;2*1-2/h18-31,35-37,40H,4-17H2,1-3H3;1-2H3;2H,1H3/t18?,20?,21?,22?,23?,24?,25-,26?,27?,28?,29?,30?,31?;;/m0../s1. The van der Waals surface area contributed by atoms with Crippen LogP contribution in [-0.2, 0) is 4.79 Å². The number of alkyl halides is 2. The first-order valence-corrected chi connectivity index (χ1v) is 19.5. The number of hydrogen-bond acceptors (Lipinski definition) is 7. The fourth-order valence-electron chi connectivity index (χ4n) is 10.1. The molecule has 0 spiro atoms. The van der Waals surface area contributed by atoms with Crippen molar-refractivity contribution in [2.75, 3.05) is 13.7 Å². The third-order valence-electron chi connectivity index (χ3n) is 12.2. The predicted octanol–water partition coefficient (Wildman–Crippen LogP) is 5.32. The van der Waals surface area contributed by atoms with Crippen LogP contribution in [0.3, 0.4) is 0 Å². The minimum atomic E-state index is -1.07. The molecule has 0 aromatic carbocycles. The van der Waals surface area contributed by atoms with Crippen LogP contribution in [0.5, 0.6) is 0 Å². The molecule has 6 fully saturated rings. The summed E-state index contributed by atoms with van der Waals surface area (Å²) in [6.45, 7) is 10.8. The highest BCUT2D eigenvalue weighted by atomic mass is 79.9. The third-order valence-corrected chi connectivity index (χ3v) is 13.3. The molecule has 13 atom stereocenters. The number of rotatable bonds is 8. The molecule has 45 heavy (non-hydrogen) atoms. The average molecular weight is 703 g/mol. The van der Waals surface area contributed by atoms with Gasteiger partial charge in [-0.05, 0) is 82.5 Å². The van der Waals surface area contributed by atoms with Crippen LogP contribution >= 0.6 is 15.9 Å². The number of hydrogen-bond donors (Lipinski definition) is 5. The summed E-state index contributed by atoms with van der Waals surface area (Å²) in [6.07, 6.45) is 12.8. The van der Waals surface area contributed by atoms with Crippen molar-refractivity contribution in [3.05, 3.63) is 0 Å². The zero-order valence-corrected chi connectivity index (χ0v) is 30.5. The minimum absolute atomic E-state index is 0.0557. The molecule has 3 saturated carbocycles. The van der Waals surface area contributed by atoms with Gasteiger partial charge in [0.05, 0.1) is 24.2 Å². The van der Waals surface area contributed by atoms with Crippen LogP contribution in [0.1, 0.15) is 118 Å². The number of aliphatic hydroxyl groups excluding tert-OH is 2. The Balaban J connectivity index is 0.00000111. The maximum Gasteiger partial charge on any atom is 0.227 e. The Morgan fingerprint density at radius 3 is 2.36 bits per heavy atom. The van der Waals surface area contributed by atoms with Gasteiger partial charge in [0.25, 0.3) is 0 Å². The van der Waals surface area contributed by atoms with Gasteiger partial charge >= 0.3 is 0 Å². The first-order valence-electron chi connectivity index (χ1n) is 18.6. The Morgan fingerprint density at radius 2 is 1.76 bits per heavy atom. The molecule has 5 N–H and O–H groups in total. The molecule has 3 aliphatic heterocycles. The van der Waals surface area contributed by atoms with E-state index in [0.29, 0.717) is 40.6 Å². The number of halogens is 2. The van der Waals surface area contributed by atoms with Gasteiger partial charge in [0.2, 0.25) is 5.91 Å². The monoisotopic (exact) mass is 701 g/mol. The van der Waals surface area contributed by atoms with Crippen molar-refractivity contribution in [1.82, 2.24) is 26.0 Å². The normalized spacial score (nSPS) is 42.3. The van der Waals surface area contributed by atoms with Gasteiger partial charge in [0.1, 0.15) is 6.30 Å².